The number of benzene rings is 4. The molecule has 0 atom stereocenters. The van der Waals surface area contributed by atoms with E-state index < -0.39 is 101 Å². The zero-order valence-electron chi connectivity index (χ0n) is 36.3. The number of nitrogens with zero attached hydrogens (tertiary/aromatic N) is 2. The molecule has 0 saturated carbocycles. The van der Waals surface area contributed by atoms with Crippen molar-refractivity contribution in [3.05, 3.63) is 114 Å². The molecule has 3 aliphatic heterocycles. The Bertz CT molecular complexity index is 3770. The van der Waals surface area contributed by atoms with Gasteiger partial charge in [0, 0.05) is 80.3 Å². The molecule has 0 aliphatic carbocycles. The van der Waals surface area contributed by atoms with Crippen molar-refractivity contribution in [3.63, 3.8) is 0 Å². The van der Waals surface area contributed by atoms with Crippen molar-refractivity contribution in [2.75, 3.05) is 24.7 Å². The molecule has 0 spiro atoms. The highest BCUT2D eigenvalue weighted by atomic mass is 35.5. The highest BCUT2D eigenvalue weighted by Crippen LogP contribution is 2.54. The van der Waals surface area contributed by atoms with E-state index in [-0.39, 0.29) is 32.1 Å². The van der Waals surface area contributed by atoms with Gasteiger partial charge in [-0.25, -0.2) is 13.4 Å². The van der Waals surface area contributed by atoms with Crippen LogP contribution in [0, 0.1) is 18.6 Å². The lowest BCUT2D eigenvalue weighted by Crippen LogP contribution is -2.46. The Morgan fingerprint density at radius 3 is 2.09 bits per heavy atom. The fourth-order valence-corrected chi connectivity index (χ4v) is 14.6. The Kier molecular flexibility index (Phi) is 11.4. The van der Waals surface area contributed by atoms with Crippen molar-refractivity contribution in [1.29, 1.82) is 0 Å². The lowest BCUT2D eigenvalue weighted by molar-refractivity contribution is -0.131. The smallest absolute Gasteiger partial charge is 0.321 e. The van der Waals surface area contributed by atoms with Crippen LogP contribution in [0.15, 0.2) is 73.5 Å². The number of anilines is 1. The molecular formula is C44H35Cl2F2N2O12S6+. The second-order valence-corrected chi connectivity index (χ2v) is 25.7. The molecular weight excluding hydrogens is 1050 g/mol. The largest absolute Gasteiger partial charge is 0.456 e. The number of esters is 1. The van der Waals surface area contributed by atoms with Crippen LogP contribution in [0.1, 0.15) is 54.8 Å². The van der Waals surface area contributed by atoms with Gasteiger partial charge in [-0.05, 0) is 68.8 Å². The van der Waals surface area contributed by atoms with E-state index >= 15 is 8.78 Å². The van der Waals surface area contributed by atoms with Gasteiger partial charge in [0.25, 0.3) is 20.2 Å². The van der Waals surface area contributed by atoms with E-state index in [1.165, 1.54) is 23.5 Å². The van der Waals surface area contributed by atoms with Crippen molar-refractivity contribution >= 4 is 105 Å². The second-order valence-electron chi connectivity index (χ2n) is 17.1. The number of hydrogen-bond donors (Lipinski definition) is 3. The maximum Gasteiger partial charge on any atom is 0.321 e. The van der Waals surface area contributed by atoms with Gasteiger partial charge in [0.15, 0.2) is 11.3 Å². The standard InChI is InChI=1S/C44H34Cl2F2N2O12S6/c1-18-8-24-40(64-18)20-11-22-31(15-29(20)49(6)43(24,2)3)61-32-16-30-21(41-25(44(4,5)50(30)7)13-35(65-41)67(55,56)57)12-23(32)36(22)37-38(48)33(14-28(47)42(37)68(58,59)60)63-17-34(51)62-39-26(45)9-19(10-27(39)46)66(52,53)54/h8-16H,17H2,1-7H3,(H2-,52,53,54,55,56,57,58,59,60)/p+1. The third-order valence-corrected chi connectivity index (χ3v) is 19.3. The summed E-state index contributed by atoms with van der Waals surface area (Å²) in [5.74, 6) is -5.28. The van der Waals surface area contributed by atoms with Crippen LogP contribution in [0.4, 0.5) is 14.5 Å². The summed E-state index contributed by atoms with van der Waals surface area (Å²) in [4.78, 5) is 14.7. The molecule has 9 rings (SSSR count). The molecule has 0 fully saturated rings. The Hall–Kier alpha value is -4.46. The third kappa shape index (κ3) is 7.76. The first-order valence-electron chi connectivity index (χ1n) is 19.8. The maximum absolute atomic E-state index is 17.8. The number of carbonyl (C=O) groups is 1. The summed E-state index contributed by atoms with van der Waals surface area (Å²) in [6, 6.07) is 12.0. The minimum atomic E-state index is -5.62. The van der Waals surface area contributed by atoms with Gasteiger partial charge in [-0.3, -0.25) is 18.5 Å². The highest BCUT2D eigenvalue weighted by molar-refractivity contribution is 8.00. The predicted octanol–water partition coefficient (Wildman–Crippen LogP) is 8.88. The van der Waals surface area contributed by atoms with E-state index in [0.29, 0.717) is 50.4 Å². The predicted molar refractivity (Wildman–Crippen MR) is 255 cm³/mol. The maximum atomic E-state index is 17.8. The molecule has 4 aromatic carbocycles. The molecule has 0 bridgehead atoms. The minimum Gasteiger partial charge on any atom is -0.456 e. The average Bonchev–Trinajstić information content (AvgIpc) is 3.87. The van der Waals surface area contributed by atoms with Gasteiger partial charge in [-0.15, -0.1) is 34.4 Å². The SMILES string of the molecule is Cc1cc2c(s1)-c1cc3c(cc1N(C)C2(C)C)Oc1cc2c(cc1=C3c1c(F)c(SCC(=O)Oc3c(Cl)cc(S(=O)(=O)O)cc3Cl)cc(F)c1S(=O)(=O)O)-c1sc(S(=O)(=O)O)cc1C(C)(C)[N+]=2C. The Morgan fingerprint density at radius 2 is 1.47 bits per heavy atom. The van der Waals surface area contributed by atoms with Gasteiger partial charge in [0.05, 0.1) is 42.7 Å². The number of thiophene rings is 2. The van der Waals surface area contributed by atoms with Crippen LogP contribution in [-0.4, -0.2) is 64.7 Å². The first-order chi connectivity index (χ1) is 31.4. The number of hydrogen-bond acceptors (Lipinski definition) is 13. The summed E-state index contributed by atoms with van der Waals surface area (Å²) in [6.07, 6.45) is 0. The van der Waals surface area contributed by atoms with Crippen molar-refractivity contribution in [2.24, 2.45) is 0 Å². The van der Waals surface area contributed by atoms with Crippen LogP contribution in [-0.2, 0) is 46.2 Å². The van der Waals surface area contributed by atoms with Crippen molar-refractivity contribution in [2.45, 2.75) is 64.6 Å². The number of fused-ring (bicyclic) bond motifs is 8. The molecule has 3 aliphatic rings. The summed E-state index contributed by atoms with van der Waals surface area (Å²) >= 11 is 14.9. The van der Waals surface area contributed by atoms with Gasteiger partial charge in [-0.2, -0.15) is 25.3 Å². The molecule has 0 unspecified atom stereocenters. The fraction of sp³-hybridized carbons (Fsp3) is 0.227. The fourth-order valence-electron chi connectivity index (χ4n) is 8.66. The van der Waals surface area contributed by atoms with E-state index in [4.69, 9.17) is 32.7 Å². The van der Waals surface area contributed by atoms with E-state index in [0.717, 1.165) is 38.8 Å². The van der Waals surface area contributed by atoms with Gasteiger partial charge in [-0.1, -0.05) is 23.2 Å². The monoisotopic (exact) mass is 1080 g/mol. The van der Waals surface area contributed by atoms with Crippen LogP contribution in [0.5, 0.6) is 17.2 Å². The van der Waals surface area contributed by atoms with Gasteiger partial charge in [0.2, 0.25) is 5.36 Å². The molecule has 0 saturated heterocycles. The summed E-state index contributed by atoms with van der Waals surface area (Å²) in [5.41, 5.74) is 0.666. The summed E-state index contributed by atoms with van der Waals surface area (Å²) in [5, 5.41) is -0.473. The Morgan fingerprint density at radius 1 is 0.824 bits per heavy atom. The average molecular weight is 1090 g/mol. The number of rotatable bonds is 8. The van der Waals surface area contributed by atoms with Gasteiger partial charge < -0.3 is 14.4 Å². The number of aryl methyl sites for hydroxylation is 1. The van der Waals surface area contributed by atoms with E-state index in [9.17, 15) is 43.7 Å². The third-order valence-electron chi connectivity index (χ3n) is 12.5. The van der Waals surface area contributed by atoms with Crippen molar-refractivity contribution < 1.29 is 62.0 Å². The molecule has 6 aromatic rings. The summed E-state index contributed by atoms with van der Waals surface area (Å²) in [7, 11) is -11.4. The van der Waals surface area contributed by atoms with E-state index in [2.05, 4.69) is 0 Å². The number of thioether (sulfide) groups is 1. The van der Waals surface area contributed by atoms with Crippen LogP contribution < -0.4 is 29.5 Å². The number of ether oxygens (including phenoxy) is 2. The topological polar surface area (TPSA) is 205 Å². The summed E-state index contributed by atoms with van der Waals surface area (Å²) < 4.78 is 153. The molecule has 2 aromatic heterocycles. The Balaban J connectivity index is 1.32. The molecule has 0 radical (unpaired) electrons. The van der Waals surface area contributed by atoms with E-state index in [1.54, 1.807) is 25.2 Å². The van der Waals surface area contributed by atoms with Gasteiger partial charge in [0.1, 0.15) is 39.3 Å². The second kappa shape index (κ2) is 16.0. The lowest BCUT2D eigenvalue weighted by Gasteiger charge is -2.43. The first kappa shape index (κ1) is 48.6. The molecule has 3 N–H and O–H groups in total. The Labute approximate surface area is 410 Å². The number of halogens is 4. The van der Waals surface area contributed by atoms with Crippen LogP contribution in [0.25, 0.3) is 26.5 Å². The quantitative estimate of drug-likeness (QED) is 0.0428. The normalized spacial score (nSPS) is 15.7. The first-order valence-corrected chi connectivity index (χ1v) is 27.5. The lowest BCUT2D eigenvalue weighted by atomic mass is 9.83. The minimum absolute atomic E-state index is 0.00604. The highest BCUT2D eigenvalue weighted by Gasteiger charge is 2.43. The van der Waals surface area contributed by atoms with Crippen molar-refractivity contribution in [3.8, 4) is 38.1 Å². The molecule has 14 nitrogen and oxygen atoms in total. The summed E-state index contributed by atoms with van der Waals surface area (Å²) in [6.45, 7) is 9.71. The molecule has 68 heavy (non-hydrogen) atoms. The zero-order valence-corrected chi connectivity index (χ0v) is 42.7. The molecule has 5 heterocycles. The molecule has 356 valence electrons. The zero-order chi connectivity index (χ0) is 49.7. The van der Waals surface area contributed by atoms with Crippen molar-refractivity contribution in [1.82, 2.24) is 4.58 Å². The molecule has 0 amide bonds. The van der Waals surface area contributed by atoms with E-state index in [1.807, 2.05) is 57.2 Å². The van der Waals surface area contributed by atoms with Gasteiger partial charge >= 0.3 is 16.1 Å². The van der Waals surface area contributed by atoms with Crippen LogP contribution >= 0.6 is 57.6 Å². The van der Waals surface area contributed by atoms with Crippen LogP contribution in [0.2, 0.25) is 10.0 Å². The number of carbonyl (C=O) groups excluding carboxylic acids is 1. The van der Waals surface area contributed by atoms with Crippen LogP contribution in [0.3, 0.4) is 0 Å². The molecule has 24 heteroatoms.